The standard InChI is InChI=1S/C26H21ClN2O4S/c1-16-7-6-8-17(11-16)15-33-23-21(27)13-18(14-22(23)32-2)12-20-24(30)28-26(34)29(25(20)31)19-9-4-3-5-10-19/h3-14H,15H2,1-2H3,(H,28,30,34)/b20-12-. The predicted molar refractivity (Wildman–Crippen MR) is 136 cm³/mol. The van der Waals surface area contributed by atoms with Gasteiger partial charge in [-0.2, -0.15) is 0 Å². The van der Waals surface area contributed by atoms with Gasteiger partial charge in [0.2, 0.25) is 0 Å². The molecular weight excluding hydrogens is 472 g/mol. The number of halogens is 1. The van der Waals surface area contributed by atoms with E-state index < -0.39 is 11.8 Å². The first-order valence-corrected chi connectivity index (χ1v) is 11.2. The van der Waals surface area contributed by atoms with Crippen molar-refractivity contribution in [3.8, 4) is 11.5 Å². The summed E-state index contributed by atoms with van der Waals surface area (Å²) < 4.78 is 11.4. The lowest BCUT2D eigenvalue weighted by atomic mass is 10.1. The zero-order valence-electron chi connectivity index (χ0n) is 18.5. The van der Waals surface area contributed by atoms with Crippen LogP contribution in [-0.2, 0) is 16.2 Å². The van der Waals surface area contributed by atoms with Crippen LogP contribution in [0.1, 0.15) is 16.7 Å². The van der Waals surface area contributed by atoms with Crippen LogP contribution >= 0.6 is 23.8 Å². The topological polar surface area (TPSA) is 67.9 Å². The molecule has 172 valence electrons. The van der Waals surface area contributed by atoms with E-state index >= 15 is 0 Å². The largest absolute Gasteiger partial charge is 0.493 e. The van der Waals surface area contributed by atoms with Crippen molar-refractivity contribution >= 4 is 52.5 Å². The van der Waals surface area contributed by atoms with E-state index in [1.165, 1.54) is 18.1 Å². The molecule has 1 aliphatic heterocycles. The van der Waals surface area contributed by atoms with Gasteiger partial charge in [0.15, 0.2) is 16.6 Å². The molecule has 6 nitrogen and oxygen atoms in total. The van der Waals surface area contributed by atoms with Crippen LogP contribution in [0.2, 0.25) is 5.02 Å². The first-order chi connectivity index (χ1) is 16.4. The van der Waals surface area contributed by atoms with Crippen molar-refractivity contribution in [1.29, 1.82) is 0 Å². The molecule has 1 N–H and O–H groups in total. The molecule has 3 aromatic rings. The molecule has 1 heterocycles. The van der Waals surface area contributed by atoms with E-state index in [0.717, 1.165) is 11.1 Å². The van der Waals surface area contributed by atoms with Gasteiger partial charge in [-0.3, -0.25) is 19.8 Å². The molecule has 1 fully saturated rings. The summed E-state index contributed by atoms with van der Waals surface area (Å²) in [5, 5.41) is 2.88. The average molecular weight is 493 g/mol. The Kier molecular flexibility index (Phi) is 6.95. The molecule has 0 aromatic heterocycles. The maximum Gasteiger partial charge on any atom is 0.270 e. The molecule has 8 heteroatoms. The average Bonchev–Trinajstić information content (AvgIpc) is 2.81. The van der Waals surface area contributed by atoms with E-state index in [1.807, 2.05) is 37.3 Å². The van der Waals surface area contributed by atoms with E-state index in [9.17, 15) is 9.59 Å². The lowest BCUT2D eigenvalue weighted by Gasteiger charge is -2.28. The van der Waals surface area contributed by atoms with Crippen LogP contribution < -0.4 is 19.7 Å². The number of amides is 2. The van der Waals surface area contributed by atoms with Gasteiger partial charge in [-0.15, -0.1) is 0 Å². The van der Waals surface area contributed by atoms with Crippen LogP contribution in [0.5, 0.6) is 11.5 Å². The fraction of sp³-hybridized carbons (Fsp3) is 0.115. The summed E-state index contributed by atoms with van der Waals surface area (Å²) in [5.41, 5.74) is 3.10. The molecule has 4 rings (SSSR count). The fourth-order valence-corrected chi connectivity index (χ4v) is 4.11. The number of para-hydroxylation sites is 1. The number of nitrogens with zero attached hydrogens (tertiary/aromatic N) is 1. The summed E-state index contributed by atoms with van der Waals surface area (Å²) in [4.78, 5) is 27.0. The van der Waals surface area contributed by atoms with Crippen molar-refractivity contribution < 1.29 is 19.1 Å². The van der Waals surface area contributed by atoms with Gasteiger partial charge in [-0.1, -0.05) is 59.6 Å². The van der Waals surface area contributed by atoms with Gasteiger partial charge in [0, 0.05) is 0 Å². The lowest BCUT2D eigenvalue weighted by Crippen LogP contribution is -2.54. The molecule has 2 amide bonds. The van der Waals surface area contributed by atoms with Crippen molar-refractivity contribution in [1.82, 2.24) is 5.32 Å². The third-order valence-electron chi connectivity index (χ3n) is 5.14. The van der Waals surface area contributed by atoms with Crippen molar-refractivity contribution in [2.24, 2.45) is 0 Å². The molecule has 0 unspecified atom stereocenters. The number of anilines is 1. The molecule has 0 radical (unpaired) electrons. The highest BCUT2D eigenvalue weighted by atomic mass is 35.5. The smallest absolute Gasteiger partial charge is 0.270 e. The third-order valence-corrected chi connectivity index (χ3v) is 5.71. The minimum Gasteiger partial charge on any atom is -0.493 e. The molecular formula is C26H21ClN2O4S. The molecule has 1 saturated heterocycles. The minimum absolute atomic E-state index is 0.0221. The van der Waals surface area contributed by atoms with Crippen LogP contribution in [-0.4, -0.2) is 24.0 Å². The van der Waals surface area contributed by atoms with E-state index in [1.54, 1.807) is 36.4 Å². The number of hydrogen-bond acceptors (Lipinski definition) is 5. The number of thiocarbonyl (C=S) groups is 1. The Labute approximate surface area is 207 Å². The number of nitrogens with one attached hydrogen (secondary N) is 1. The van der Waals surface area contributed by atoms with Crippen LogP contribution in [0.4, 0.5) is 5.69 Å². The first kappa shape index (κ1) is 23.5. The quantitative estimate of drug-likeness (QED) is 0.296. The Morgan fingerprint density at radius 2 is 1.82 bits per heavy atom. The zero-order valence-corrected chi connectivity index (χ0v) is 20.1. The fourth-order valence-electron chi connectivity index (χ4n) is 3.56. The molecule has 0 bridgehead atoms. The second-order valence-corrected chi connectivity index (χ2v) is 8.40. The summed E-state index contributed by atoms with van der Waals surface area (Å²) in [6.45, 7) is 2.32. The molecule has 0 aliphatic carbocycles. The monoisotopic (exact) mass is 492 g/mol. The minimum atomic E-state index is -0.586. The van der Waals surface area contributed by atoms with Crippen molar-refractivity contribution in [3.63, 3.8) is 0 Å². The zero-order chi connectivity index (χ0) is 24.2. The number of benzene rings is 3. The molecule has 0 saturated carbocycles. The normalized spacial score (nSPS) is 14.9. The molecule has 3 aromatic carbocycles. The van der Waals surface area contributed by atoms with E-state index in [2.05, 4.69) is 5.32 Å². The first-order valence-electron chi connectivity index (χ1n) is 10.4. The van der Waals surface area contributed by atoms with E-state index in [-0.39, 0.29) is 15.7 Å². The second-order valence-electron chi connectivity index (χ2n) is 7.61. The lowest BCUT2D eigenvalue weighted by molar-refractivity contribution is -0.122. The Morgan fingerprint density at radius 1 is 1.06 bits per heavy atom. The maximum absolute atomic E-state index is 13.2. The van der Waals surface area contributed by atoms with Gasteiger partial charge in [0.25, 0.3) is 11.8 Å². The van der Waals surface area contributed by atoms with Gasteiger partial charge in [0.1, 0.15) is 12.2 Å². The number of carbonyl (C=O) groups is 2. The van der Waals surface area contributed by atoms with Crippen LogP contribution in [0, 0.1) is 6.92 Å². The number of carbonyl (C=O) groups excluding carboxylic acids is 2. The highest BCUT2D eigenvalue weighted by molar-refractivity contribution is 7.80. The van der Waals surface area contributed by atoms with Crippen LogP contribution in [0.3, 0.4) is 0 Å². The summed E-state index contributed by atoms with van der Waals surface area (Å²) in [6, 6.07) is 20.1. The molecule has 0 atom stereocenters. The van der Waals surface area contributed by atoms with Gasteiger partial charge >= 0.3 is 0 Å². The molecule has 0 spiro atoms. The maximum atomic E-state index is 13.2. The Morgan fingerprint density at radius 3 is 2.53 bits per heavy atom. The number of aryl methyl sites for hydroxylation is 1. The Bertz CT molecular complexity index is 1310. The van der Waals surface area contributed by atoms with Crippen molar-refractivity contribution in [2.45, 2.75) is 13.5 Å². The predicted octanol–water partition coefficient (Wildman–Crippen LogP) is 5.07. The number of methoxy groups -OCH3 is 1. The molecule has 34 heavy (non-hydrogen) atoms. The van der Waals surface area contributed by atoms with Gasteiger partial charge in [0.05, 0.1) is 17.8 Å². The summed E-state index contributed by atoms with van der Waals surface area (Å²) in [6.07, 6.45) is 1.45. The Balaban J connectivity index is 1.64. The van der Waals surface area contributed by atoms with Crippen molar-refractivity contribution in [2.75, 3.05) is 12.0 Å². The van der Waals surface area contributed by atoms with E-state index in [4.69, 9.17) is 33.3 Å². The summed E-state index contributed by atoms with van der Waals surface area (Å²) >= 11 is 11.7. The summed E-state index contributed by atoms with van der Waals surface area (Å²) in [5.74, 6) is -0.364. The van der Waals surface area contributed by atoms with Crippen LogP contribution in [0.25, 0.3) is 6.08 Å². The SMILES string of the molecule is COc1cc(/C=C2/C(=O)NC(=S)N(c3ccccc3)C2=O)cc(Cl)c1OCc1cccc(C)c1. The van der Waals surface area contributed by atoms with Gasteiger partial charge < -0.3 is 9.47 Å². The second kappa shape index (κ2) is 10.1. The van der Waals surface area contributed by atoms with Gasteiger partial charge in [-0.25, -0.2) is 0 Å². The number of rotatable bonds is 6. The third kappa shape index (κ3) is 4.95. The highest BCUT2D eigenvalue weighted by Crippen LogP contribution is 2.38. The van der Waals surface area contributed by atoms with Crippen molar-refractivity contribution in [3.05, 3.63) is 94.0 Å². The van der Waals surface area contributed by atoms with E-state index in [0.29, 0.717) is 29.4 Å². The molecule has 1 aliphatic rings. The Hall–Kier alpha value is -3.68. The number of hydrogen-bond donors (Lipinski definition) is 1. The highest BCUT2D eigenvalue weighted by Gasteiger charge is 2.34. The summed E-state index contributed by atoms with van der Waals surface area (Å²) in [7, 11) is 1.50. The van der Waals surface area contributed by atoms with Crippen LogP contribution in [0.15, 0.2) is 72.3 Å². The number of ether oxygens (including phenoxy) is 2. The van der Waals surface area contributed by atoms with Gasteiger partial charge in [-0.05, 0) is 60.6 Å².